The minimum Gasteiger partial charge on any atom is -0.504 e. The van der Waals surface area contributed by atoms with E-state index in [1.165, 1.54) is 6.07 Å². The van der Waals surface area contributed by atoms with Crippen LogP contribution in [0.25, 0.3) is 0 Å². The molecule has 19 heavy (non-hydrogen) atoms. The van der Waals surface area contributed by atoms with Crippen LogP contribution in [0, 0.1) is 0 Å². The van der Waals surface area contributed by atoms with Crippen LogP contribution in [-0.2, 0) is 0 Å². The van der Waals surface area contributed by atoms with Crippen molar-refractivity contribution in [1.29, 1.82) is 0 Å². The van der Waals surface area contributed by atoms with Gasteiger partial charge in [0.05, 0.1) is 12.0 Å². The van der Waals surface area contributed by atoms with Gasteiger partial charge in [0.25, 0.3) is 0 Å². The summed E-state index contributed by atoms with van der Waals surface area (Å²) >= 11 is 0. The lowest BCUT2D eigenvalue weighted by molar-refractivity contribution is 0.0846. The van der Waals surface area contributed by atoms with Crippen molar-refractivity contribution in [3.8, 4) is 17.2 Å². The molecule has 0 spiro atoms. The zero-order valence-corrected chi connectivity index (χ0v) is 10.0. The molecule has 0 saturated heterocycles. The summed E-state index contributed by atoms with van der Waals surface area (Å²) in [6, 6.07) is 11.6. The van der Waals surface area contributed by atoms with E-state index in [1.54, 1.807) is 36.4 Å². The second-order valence-corrected chi connectivity index (χ2v) is 4.44. The van der Waals surface area contributed by atoms with Crippen molar-refractivity contribution in [2.24, 2.45) is 0 Å². The van der Waals surface area contributed by atoms with E-state index >= 15 is 0 Å². The van der Waals surface area contributed by atoms with Gasteiger partial charge >= 0.3 is 0 Å². The van der Waals surface area contributed by atoms with Crippen molar-refractivity contribution in [2.75, 3.05) is 0 Å². The van der Waals surface area contributed by atoms with E-state index in [2.05, 4.69) is 0 Å². The predicted octanol–water partition coefficient (Wildman–Crippen LogP) is 2.80. The number of phenols is 2. The summed E-state index contributed by atoms with van der Waals surface area (Å²) in [7, 11) is 0. The molecule has 4 nitrogen and oxygen atoms in total. The van der Waals surface area contributed by atoms with Crippen molar-refractivity contribution >= 4 is 5.78 Å². The van der Waals surface area contributed by atoms with Gasteiger partial charge in [-0.2, -0.15) is 0 Å². The molecule has 1 unspecified atom stereocenters. The number of carbonyl (C=O) groups excluding carboxylic acids is 1. The first-order valence-electron chi connectivity index (χ1n) is 5.96. The minimum absolute atomic E-state index is 0.0328. The third-order valence-electron chi connectivity index (χ3n) is 3.22. The van der Waals surface area contributed by atoms with E-state index in [1.807, 2.05) is 0 Å². The second kappa shape index (κ2) is 4.31. The molecule has 0 aromatic heterocycles. The van der Waals surface area contributed by atoms with E-state index in [-0.39, 0.29) is 23.7 Å². The minimum atomic E-state index is -0.575. The number of Topliss-reactive ketones (excluding diaryl/α,β-unsaturated/α-hetero) is 1. The normalized spacial score (nSPS) is 17.7. The van der Waals surface area contributed by atoms with Crippen LogP contribution >= 0.6 is 0 Å². The number of fused-ring (bicyclic) bond motifs is 1. The largest absolute Gasteiger partial charge is 0.504 e. The molecule has 96 valence electrons. The first-order chi connectivity index (χ1) is 9.16. The summed E-state index contributed by atoms with van der Waals surface area (Å²) in [5, 5.41) is 19.3. The Bertz CT molecular complexity index is 648. The zero-order valence-electron chi connectivity index (χ0n) is 10.0. The van der Waals surface area contributed by atoms with E-state index in [0.29, 0.717) is 16.9 Å². The van der Waals surface area contributed by atoms with Crippen LogP contribution in [0.3, 0.4) is 0 Å². The van der Waals surface area contributed by atoms with Crippen LogP contribution in [0.1, 0.15) is 28.4 Å². The highest BCUT2D eigenvalue weighted by Gasteiger charge is 2.29. The Kier molecular flexibility index (Phi) is 2.63. The molecule has 0 saturated carbocycles. The van der Waals surface area contributed by atoms with Gasteiger partial charge in [-0.25, -0.2) is 0 Å². The number of rotatable bonds is 1. The maximum atomic E-state index is 12.0. The molecular formula is C15H12O4. The van der Waals surface area contributed by atoms with Gasteiger partial charge in [0.2, 0.25) is 0 Å². The molecule has 0 bridgehead atoms. The van der Waals surface area contributed by atoms with Gasteiger partial charge < -0.3 is 14.9 Å². The Morgan fingerprint density at radius 2 is 1.84 bits per heavy atom. The molecular weight excluding hydrogens is 244 g/mol. The maximum Gasteiger partial charge on any atom is 0.170 e. The first-order valence-corrected chi connectivity index (χ1v) is 5.96. The lowest BCUT2D eigenvalue weighted by Gasteiger charge is -2.26. The predicted molar refractivity (Wildman–Crippen MR) is 68.5 cm³/mol. The summed E-state index contributed by atoms with van der Waals surface area (Å²) in [5.74, 6) is 0.0215. The Morgan fingerprint density at radius 1 is 1.05 bits per heavy atom. The second-order valence-electron chi connectivity index (χ2n) is 4.44. The molecule has 2 N–H and O–H groups in total. The van der Waals surface area contributed by atoms with Crippen molar-refractivity contribution in [1.82, 2.24) is 0 Å². The highest BCUT2D eigenvalue weighted by molar-refractivity contribution is 6.00. The smallest absolute Gasteiger partial charge is 0.170 e. The number of carbonyl (C=O) groups is 1. The van der Waals surface area contributed by atoms with E-state index in [0.717, 1.165) is 0 Å². The Balaban J connectivity index is 2.02. The quantitative estimate of drug-likeness (QED) is 0.770. The maximum absolute atomic E-state index is 12.0. The summed E-state index contributed by atoms with van der Waals surface area (Å²) in [5.41, 5.74) is 0.973. The van der Waals surface area contributed by atoms with Gasteiger partial charge in [-0.1, -0.05) is 24.3 Å². The number of benzene rings is 2. The third-order valence-corrected chi connectivity index (χ3v) is 3.22. The van der Waals surface area contributed by atoms with Crippen LogP contribution in [0.2, 0.25) is 0 Å². The average Bonchev–Trinajstić information content (AvgIpc) is 2.42. The van der Waals surface area contributed by atoms with Gasteiger partial charge in [0.15, 0.2) is 17.3 Å². The monoisotopic (exact) mass is 256 g/mol. The molecule has 0 aliphatic carbocycles. The van der Waals surface area contributed by atoms with Crippen molar-refractivity contribution in [3.63, 3.8) is 0 Å². The van der Waals surface area contributed by atoms with Crippen LogP contribution in [0.5, 0.6) is 17.2 Å². The highest BCUT2D eigenvalue weighted by atomic mass is 16.5. The fourth-order valence-electron chi connectivity index (χ4n) is 2.25. The lowest BCUT2D eigenvalue weighted by atomic mass is 9.95. The fraction of sp³-hybridized carbons (Fsp3) is 0.133. The number of aromatic hydroxyl groups is 2. The molecule has 2 aromatic rings. The number of ketones is 1. The third kappa shape index (κ3) is 1.91. The number of para-hydroxylation sites is 2. The van der Waals surface area contributed by atoms with Gasteiger partial charge in [-0.05, 0) is 18.2 Å². The van der Waals surface area contributed by atoms with Crippen LogP contribution in [0.15, 0.2) is 42.5 Å². The summed E-state index contributed by atoms with van der Waals surface area (Å²) < 4.78 is 5.73. The Hall–Kier alpha value is -2.49. The molecule has 1 atom stereocenters. The number of phenolic OH excluding ortho intramolecular Hbond substituents is 2. The van der Waals surface area contributed by atoms with Gasteiger partial charge in [-0.3, -0.25) is 4.79 Å². The number of hydrogen-bond donors (Lipinski definition) is 2. The Labute approximate surface area is 109 Å². The van der Waals surface area contributed by atoms with Crippen LogP contribution in [-0.4, -0.2) is 16.0 Å². The van der Waals surface area contributed by atoms with Gasteiger partial charge in [-0.15, -0.1) is 0 Å². The van der Waals surface area contributed by atoms with Crippen LogP contribution < -0.4 is 4.74 Å². The van der Waals surface area contributed by atoms with Gasteiger partial charge in [0.1, 0.15) is 11.9 Å². The highest BCUT2D eigenvalue weighted by Crippen LogP contribution is 2.40. The van der Waals surface area contributed by atoms with Crippen molar-refractivity contribution in [2.45, 2.75) is 12.5 Å². The molecule has 1 aliphatic rings. The molecule has 3 rings (SSSR count). The van der Waals surface area contributed by atoms with Crippen molar-refractivity contribution in [3.05, 3.63) is 53.6 Å². The molecule has 1 heterocycles. The van der Waals surface area contributed by atoms with E-state index < -0.39 is 6.10 Å². The average molecular weight is 256 g/mol. The summed E-state index contributed by atoms with van der Waals surface area (Å²) in [6.45, 7) is 0. The fourth-order valence-corrected chi connectivity index (χ4v) is 2.25. The van der Waals surface area contributed by atoms with Gasteiger partial charge in [0, 0.05) is 5.56 Å². The summed E-state index contributed by atoms with van der Waals surface area (Å²) in [6.07, 6.45) is -0.428. The number of hydrogen-bond acceptors (Lipinski definition) is 4. The van der Waals surface area contributed by atoms with E-state index in [9.17, 15) is 15.0 Å². The van der Waals surface area contributed by atoms with Crippen molar-refractivity contribution < 1.29 is 19.7 Å². The lowest BCUT2D eigenvalue weighted by Crippen LogP contribution is -2.20. The standard InChI is InChI=1S/C15H12O4/c16-11-6-3-5-10(15(11)18)14-8-12(17)9-4-1-2-7-13(9)19-14/h1-7,14,16,18H,8H2. The molecule has 4 heteroatoms. The van der Waals surface area contributed by atoms with E-state index in [4.69, 9.17) is 4.74 Å². The topological polar surface area (TPSA) is 66.8 Å². The number of ether oxygens (including phenoxy) is 1. The molecule has 0 fully saturated rings. The molecule has 2 aromatic carbocycles. The SMILES string of the molecule is O=C1CC(c2cccc(O)c2O)Oc2ccccc21. The molecule has 1 aliphatic heterocycles. The molecule has 0 amide bonds. The molecule has 0 radical (unpaired) electrons. The first kappa shape index (κ1) is 11.6. The zero-order chi connectivity index (χ0) is 13.4. The summed E-state index contributed by atoms with van der Waals surface area (Å²) in [4.78, 5) is 12.0. The van der Waals surface area contributed by atoms with Crippen LogP contribution in [0.4, 0.5) is 0 Å². The Morgan fingerprint density at radius 3 is 2.68 bits per heavy atom.